The second-order valence-corrected chi connectivity index (χ2v) is 8.19. The second kappa shape index (κ2) is 8.93. The van der Waals surface area contributed by atoms with Gasteiger partial charge in [0.2, 0.25) is 11.8 Å². The van der Waals surface area contributed by atoms with Gasteiger partial charge in [0.1, 0.15) is 5.75 Å². The van der Waals surface area contributed by atoms with E-state index in [1.54, 1.807) is 48.4 Å². The number of amides is 2. The topological polar surface area (TPSA) is 81.9 Å². The first-order valence-corrected chi connectivity index (χ1v) is 10.6. The highest BCUT2D eigenvalue weighted by Crippen LogP contribution is 2.41. The number of hydrogen-bond acceptors (Lipinski definition) is 4. The lowest BCUT2D eigenvalue weighted by molar-refractivity contribution is -0.117. The van der Waals surface area contributed by atoms with E-state index in [0.29, 0.717) is 46.5 Å². The minimum atomic E-state index is -0.532. The van der Waals surface area contributed by atoms with Crippen molar-refractivity contribution in [2.45, 2.75) is 19.3 Å². The van der Waals surface area contributed by atoms with Crippen LogP contribution in [0.3, 0.4) is 0 Å². The second-order valence-electron chi connectivity index (χ2n) is 7.76. The molecule has 7 heteroatoms. The van der Waals surface area contributed by atoms with Gasteiger partial charge in [-0.15, -0.1) is 0 Å². The molecule has 32 heavy (non-hydrogen) atoms. The zero-order valence-electron chi connectivity index (χ0n) is 17.8. The van der Waals surface area contributed by atoms with Gasteiger partial charge in [0.25, 0.3) is 0 Å². The van der Waals surface area contributed by atoms with E-state index < -0.39 is 5.91 Å². The maximum atomic E-state index is 12.8. The van der Waals surface area contributed by atoms with Gasteiger partial charge in [0.15, 0.2) is 11.5 Å². The Labute approximate surface area is 191 Å². The van der Waals surface area contributed by atoms with Crippen LogP contribution in [0.5, 0.6) is 17.2 Å². The number of anilines is 1. The number of hydrogen-bond donors (Lipinski definition) is 1. The van der Waals surface area contributed by atoms with E-state index in [4.69, 9.17) is 26.8 Å². The number of carbonyl (C=O) groups is 2. The van der Waals surface area contributed by atoms with Crippen LogP contribution in [0.1, 0.15) is 33.8 Å². The minimum absolute atomic E-state index is 0.0364. The van der Waals surface area contributed by atoms with E-state index in [-0.39, 0.29) is 11.8 Å². The number of nitrogens with two attached hydrogens (primary N) is 1. The van der Waals surface area contributed by atoms with Crippen LogP contribution < -0.4 is 20.1 Å². The Morgan fingerprint density at radius 1 is 1.06 bits per heavy atom. The van der Waals surface area contributed by atoms with Crippen LogP contribution in [0.25, 0.3) is 0 Å². The molecule has 0 unspecified atom stereocenters. The Hall–Kier alpha value is -3.51. The van der Waals surface area contributed by atoms with Gasteiger partial charge in [-0.25, -0.2) is 0 Å². The maximum Gasteiger partial charge on any atom is 0.248 e. The van der Waals surface area contributed by atoms with Gasteiger partial charge in [0, 0.05) is 40.7 Å². The van der Waals surface area contributed by atoms with Crippen LogP contribution in [0.2, 0.25) is 5.02 Å². The van der Waals surface area contributed by atoms with Crippen LogP contribution >= 0.6 is 11.6 Å². The predicted octanol–water partition coefficient (Wildman–Crippen LogP) is 5.07. The molecular weight excluding hydrogens is 428 g/mol. The molecular formula is C25H23ClN2O4. The normalized spacial score (nSPS) is 15.7. The summed E-state index contributed by atoms with van der Waals surface area (Å²) >= 11 is 6.26. The van der Waals surface area contributed by atoms with Crippen molar-refractivity contribution < 1.29 is 19.1 Å². The molecule has 0 aliphatic carbocycles. The van der Waals surface area contributed by atoms with Gasteiger partial charge in [-0.2, -0.15) is 0 Å². The number of methoxy groups -OCH3 is 1. The molecule has 1 fully saturated rings. The number of rotatable bonds is 6. The lowest BCUT2D eigenvalue weighted by Gasteiger charge is -2.20. The molecule has 6 nitrogen and oxygen atoms in total. The summed E-state index contributed by atoms with van der Waals surface area (Å²) in [5.41, 5.74) is 8.30. The number of ether oxygens (including phenoxy) is 2. The molecule has 0 radical (unpaired) electrons. The predicted molar refractivity (Wildman–Crippen MR) is 124 cm³/mol. The molecule has 3 aromatic rings. The van der Waals surface area contributed by atoms with Gasteiger partial charge in [-0.05, 0) is 55.0 Å². The highest BCUT2D eigenvalue weighted by Gasteiger charge is 2.33. The molecule has 1 heterocycles. The number of benzene rings is 3. The van der Waals surface area contributed by atoms with Crippen molar-refractivity contribution >= 4 is 29.1 Å². The first-order valence-electron chi connectivity index (χ1n) is 10.2. The van der Waals surface area contributed by atoms with Crippen molar-refractivity contribution in [2.75, 3.05) is 18.6 Å². The van der Waals surface area contributed by atoms with Crippen LogP contribution in [-0.4, -0.2) is 25.5 Å². The minimum Gasteiger partial charge on any atom is -0.493 e. The fourth-order valence-electron chi connectivity index (χ4n) is 3.91. The van der Waals surface area contributed by atoms with Crippen molar-refractivity contribution in [3.05, 3.63) is 82.4 Å². The summed E-state index contributed by atoms with van der Waals surface area (Å²) < 4.78 is 11.7. The Morgan fingerprint density at radius 3 is 2.62 bits per heavy atom. The molecule has 1 saturated heterocycles. The zero-order valence-corrected chi connectivity index (χ0v) is 18.6. The monoisotopic (exact) mass is 450 g/mol. The fourth-order valence-corrected chi connectivity index (χ4v) is 4.07. The first-order chi connectivity index (χ1) is 15.4. The number of nitrogens with zero attached hydrogens (tertiary/aromatic N) is 1. The molecule has 2 amide bonds. The quantitative estimate of drug-likeness (QED) is 0.568. The van der Waals surface area contributed by atoms with Crippen molar-refractivity contribution in [3.8, 4) is 17.2 Å². The molecule has 1 aliphatic rings. The van der Waals surface area contributed by atoms with Gasteiger partial charge in [-0.1, -0.05) is 29.8 Å². The molecule has 0 spiro atoms. The highest BCUT2D eigenvalue weighted by molar-refractivity contribution is 6.30. The SMILES string of the molecule is COc1ccc(C)cc1Oc1cc(Cl)ccc1[C@H]1CC(=O)N(c2cccc(C(N)=O)c2)C1. The van der Waals surface area contributed by atoms with Crippen LogP contribution in [0.4, 0.5) is 5.69 Å². The maximum absolute atomic E-state index is 12.8. The number of carbonyl (C=O) groups excluding carboxylic acids is 2. The lowest BCUT2D eigenvalue weighted by Crippen LogP contribution is -2.24. The molecule has 0 saturated carbocycles. The summed E-state index contributed by atoms with van der Waals surface area (Å²) in [7, 11) is 1.59. The third kappa shape index (κ3) is 4.41. The Morgan fingerprint density at radius 2 is 1.88 bits per heavy atom. The van der Waals surface area contributed by atoms with E-state index in [1.165, 1.54) is 0 Å². The third-order valence-electron chi connectivity index (χ3n) is 5.52. The fraction of sp³-hybridized carbons (Fsp3) is 0.200. The third-order valence-corrected chi connectivity index (χ3v) is 5.76. The lowest BCUT2D eigenvalue weighted by atomic mass is 9.97. The summed E-state index contributed by atoms with van der Waals surface area (Å²) in [4.78, 5) is 26.1. The Bertz CT molecular complexity index is 1190. The standard InChI is InChI=1S/C25H23ClN2O4/c1-15-6-9-21(31-2)23(10-15)32-22-13-18(26)7-8-20(22)17-12-24(29)28(14-17)19-5-3-4-16(11-19)25(27)30/h3-11,13,17H,12,14H2,1-2H3,(H2,27,30)/t17-/m0/s1. The zero-order chi connectivity index (χ0) is 22.8. The van der Waals surface area contributed by atoms with Crippen molar-refractivity contribution in [1.82, 2.24) is 0 Å². The average molecular weight is 451 g/mol. The van der Waals surface area contributed by atoms with Crippen LogP contribution in [-0.2, 0) is 4.79 Å². The van der Waals surface area contributed by atoms with E-state index in [2.05, 4.69) is 0 Å². The molecule has 3 aromatic carbocycles. The number of primary amides is 1. The summed E-state index contributed by atoms with van der Waals surface area (Å²) in [5, 5.41) is 0.533. The molecule has 2 N–H and O–H groups in total. The average Bonchev–Trinajstić information content (AvgIpc) is 3.15. The number of aryl methyl sites for hydroxylation is 1. The van der Waals surface area contributed by atoms with Crippen LogP contribution in [0.15, 0.2) is 60.7 Å². The van der Waals surface area contributed by atoms with E-state index in [9.17, 15) is 9.59 Å². The van der Waals surface area contributed by atoms with Gasteiger partial charge >= 0.3 is 0 Å². The highest BCUT2D eigenvalue weighted by atomic mass is 35.5. The van der Waals surface area contributed by atoms with Crippen molar-refractivity contribution in [1.29, 1.82) is 0 Å². The van der Waals surface area contributed by atoms with Crippen molar-refractivity contribution in [3.63, 3.8) is 0 Å². The van der Waals surface area contributed by atoms with Gasteiger partial charge < -0.3 is 20.1 Å². The van der Waals surface area contributed by atoms with E-state index in [0.717, 1.165) is 11.1 Å². The van der Waals surface area contributed by atoms with E-state index in [1.807, 2.05) is 31.2 Å². The largest absolute Gasteiger partial charge is 0.493 e. The molecule has 1 aliphatic heterocycles. The summed E-state index contributed by atoms with van der Waals surface area (Å²) in [6.45, 7) is 2.42. The Balaban J connectivity index is 1.65. The van der Waals surface area contributed by atoms with Crippen LogP contribution in [0, 0.1) is 6.92 Å². The summed E-state index contributed by atoms with van der Waals surface area (Å²) in [6.07, 6.45) is 0.309. The summed E-state index contributed by atoms with van der Waals surface area (Å²) in [6, 6.07) is 17.9. The van der Waals surface area contributed by atoms with E-state index >= 15 is 0 Å². The molecule has 0 aromatic heterocycles. The van der Waals surface area contributed by atoms with Gasteiger partial charge in [0.05, 0.1) is 7.11 Å². The first kappa shape index (κ1) is 21.7. The molecule has 164 valence electrons. The molecule has 0 bridgehead atoms. The molecule has 4 rings (SSSR count). The van der Waals surface area contributed by atoms with Gasteiger partial charge in [-0.3, -0.25) is 9.59 Å². The smallest absolute Gasteiger partial charge is 0.248 e. The van der Waals surface area contributed by atoms with Crippen molar-refractivity contribution in [2.24, 2.45) is 5.73 Å². The summed E-state index contributed by atoms with van der Waals surface area (Å²) in [5.74, 6) is 1.08. The number of halogens is 1. The molecule has 1 atom stereocenters. The Kier molecular flexibility index (Phi) is 6.06.